The number of phenolic OH excluding ortho intramolecular Hbond substituents is 1. The molecule has 0 fully saturated rings. The predicted octanol–water partition coefficient (Wildman–Crippen LogP) is -11.0. The zero-order valence-corrected chi connectivity index (χ0v) is 13.1. The molecule has 0 spiro atoms. The van der Waals surface area contributed by atoms with Crippen molar-refractivity contribution in [3.63, 3.8) is 0 Å². The van der Waals surface area contributed by atoms with Crippen LogP contribution in [0.25, 0.3) is 0 Å². The van der Waals surface area contributed by atoms with E-state index in [1.165, 1.54) is 12.1 Å². The number of halogens is 1. The van der Waals surface area contributed by atoms with Crippen LogP contribution in [0.15, 0.2) is 24.3 Å². The van der Waals surface area contributed by atoms with Crippen LogP contribution in [0.3, 0.4) is 0 Å². The monoisotopic (exact) mass is 358 g/mol. The van der Waals surface area contributed by atoms with Gasteiger partial charge in [-0.3, -0.25) is 7.32 Å². The molecule has 0 radical (unpaired) electrons. The molecule has 0 saturated heterocycles. The summed E-state index contributed by atoms with van der Waals surface area (Å²) < 4.78 is 4.98. The van der Waals surface area contributed by atoms with Gasteiger partial charge in [0.15, 0.2) is 0 Å². The number of hydrogen-bond donors (Lipinski definition) is 1. The molecule has 1 aromatic rings. The molecule has 0 aliphatic heterocycles. The predicted molar refractivity (Wildman–Crippen MR) is 58.2 cm³/mol. The smallest absolute Gasteiger partial charge is 0.907 e. The average molecular weight is 358 g/mol. The van der Waals surface area contributed by atoms with Crippen LogP contribution in [-0.2, 0) is 4.74 Å². The van der Waals surface area contributed by atoms with Crippen molar-refractivity contribution in [1.82, 2.24) is 0 Å². The number of alkyl halides is 1. The molecule has 1 rings (SSSR count). The Hall–Kier alpha value is 0.957. The molecule has 0 saturated carbocycles. The van der Waals surface area contributed by atoms with Crippen molar-refractivity contribution >= 4 is 35.9 Å². The minimum atomic E-state index is -2.92. The molecule has 1 N–H and O–H groups in total. The van der Waals surface area contributed by atoms with Crippen molar-refractivity contribution in [3.8, 4) is 5.75 Å². The fourth-order valence-corrected chi connectivity index (χ4v) is 1.06. The van der Waals surface area contributed by atoms with Gasteiger partial charge in [0.05, 0.1) is 0 Å². The molecule has 88 valence electrons. The Bertz CT molecular complexity index is 341. The topological polar surface area (TPSA) is 116 Å². The normalized spacial score (nSPS) is 7.37. The van der Waals surface area contributed by atoms with Crippen LogP contribution in [0.4, 0.5) is 0 Å². The Labute approximate surface area is 161 Å². The average Bonchev–Trinajstić information content (AvgIpc) is 2.17. The summed E-state index contributed by atoms with van der Waals surface area (Å²) in [4.78, 5) is 11.1. The van der Waals surface area contributed by atoms with Gasteiger partial charge < -0.3 is 24.9 Å². The van der Waals surface area contributed by atoms with Crippen molar-refractivity contribution in [2.45, 2.75) is 0 Å². The molecule has 0 atom stereocenters. The van der Waals surface area contributed by atoms with E-state index in [0.717, 1.165) is 0 Å². The number of carbonyl (C=O) groups is 1. The molecule has 1 aromatic carbocycles. The number of carbonyl (C=O) groups excluding carboxylic acids is 1. The first-order chi connectivity index (χ1) is 7.49. The van der Waals surface area contributed by atoms with E-state index in [2.05, 4.69) is 0 Å². The summed E-state index contributed by atoms with van der Waals surface area (Å²) in [5, 5.41) is 34.5. The molecule has 0 unspecified atom stereocenters. The van der Waals surface area contributed by atoms with E-state index in [1.54, 1.807) is 12.1 Å². The first-order valence-electron chi connectivity index (χ1n) is 3.97. The minimum Gasteiger partial charge on any atom is -0.907 e. The van der Waals surface area contributed by atoms with Gasteiger partial charge in [0.25, 0.3) is 0 Å². The number of hydrogen-bond acceptors (Lipinski definition) is 6. The second-order valence-corrected chi connectivity index (χ2v) is 2.97. The third-order valence-electron chi connectivity index (χ3n) is 1.31. The van der Waals surface area contributed by atoms with Crippen LogP contribution >= 0.6 is 22.6 Å². The maximum absolute atomic E-state index is 11.1. The van der Waals surface area contributed by atoms with Crippen LogP contribution in [0.1, 0.15) is 10.4 Å². The zero-order valence-electron chi connectivity index (χ0n) is 11.0. The van der Waals surface area contributed by atoms with Crippen molar-refractivity contribution < 1.29 is 86.3 Å². The van der Waals surface area contributed by atoms with Crippen LogP contribution in [0.2, 0.25) is 0 Å². The van der Waals surface area contributed by atoms with E-state index < -0.39 is 13.3 Å². The maximum atomic E-state index is 11.1. The molecule has 11 heteroatoms. The first kappa shape index (κ1) is 28.2. The Morgan fingerprint density at radius 3 is 2.00 bits per heavy atom. The summed E-state index contributed by atoms with van der Waals surface area (Å²) in [5.41, 5.74) is 0.203. The number of para-hydroxylation sites is 1. The van der Waals surface area contributed by atoms with Crippen LogP contribution in [-0.4, -0.2) is 23.0 Å². The van der Waals surface area contributed by atoms with Gasteiger partial charge in [0.2, 0.25) is 0 Å². The maximum Gasteiger partial charge on any atom is 1.00 e. The fourth-order valence-electron chi connectivity index (χ4n) is 0.774. The quantitative estimate of drug-likeness (QED) is 0.243. The summed E-state index contributed by atoms with van der Waals surface area (Å²) in [5.74, 6) is -0.546. The van der Waals surface area contributed by atoms with E-state index in [9.17, 15) is 9.90 Å². The van der Waals surface area contributed by atoms with Gasteiger partial charge in [-0.2, -0.15) is 0 Å². The number of rotatable bonds is 2. The number of benzene rings is 1. The molecule has 0 aromatic heterocycles. The molecular weight excluding hydrogens is 351 g/mol. The molecule has 0 heterocycles. The second kappa shape index (κ2) is 17.0. The number of esters is 1. The Kier molecular flexibility index (Phi) is 25.2. The van der Waals surface area contributed by atoms with Crippen LogP contribution in [0.5, 0.6) is 5.75 Å². The molecule has 0 aliphatic rings. The van der Waals surface area contributed by atoms with Crippen molar-refractivity contribution in [2.75, 3.05) is 4.61 Å². The van der Waals surface area contributed by atoms with E-state index >= 15 is 0 Å². The number of ether oxygens (including phenoxy) is 1. The van der Waals surface area contributed by atoms with Gasteiger partial charge in [-0.25, -0.2) is 4.79 Å². The standard InChI is InChI=1S/C8H7IO3.BO3.3Li/c9-5-12-8(11)6-3-1-2-4-7(6)10;2-1(3)4;;;/h1-4,10H,5H2;;;;/q;-3;3*+1. The van der Waals surface area contributed by atoms with Crippen molar-refractivity contribution in [2.24, 2.45) is 0 Å². The second-order valence-electron chi connectivity index (χ2n) is 2.35. The third kappa shape index (κ3) is 15.2. The minimum absolute atomic E-state index is 0. The van der Waals surface area contributed by atoms with E-state index in [-0.39, 0.29) is 72.5 Å². The molecule has 0 amide bonds. The molecule has 0 bridgehead atoms. The number of aromatic hydroxyl groups is 1. The summed E-state index contributed by atoms with van der Waals surface area (Å²) in [6.07, 6.45) is 0. The summed E-state index contributed by atoms with van der Waals surface area (Å²) in [6.45, 7) is 0. The van der Waals surface area contributed by atoms with E-state index in [0.29, 0.717) is 0 Å². The molecule has 6 nitrogen and oxygen atoms in total. The van der Waals surface area contributed by atoms with Crippen LogP contribution < -0.4 is 71.7 Å². The van der Waals surface area contributed by atoms with Gasteiger partial charge >= 0.3 is 62.6 Å². The zero-order chi connectivity index (χ0) is 12.6. The summed E-state index contributed by atoms with van der Waals surface area (Å²) in [7, 11) is -2.92. The van der Waals surface area contributed by atoms with Crippen molar-refractivity contribution in [3.05, 3.63) is 29.8 Å². The largest absolute Gasteiger partial charge is 1.00 e. The van der Waals surface area contributed by atoms with Crippen LogP contribution in [0, 0.1) is 0 Å². The van der Waals surface area contributed by atoms with Gasteiger partial charge in [0, 0.05) is 0 Å². The van der Waals surface area contributed by atoms with Crippen molar-refractivity contribution in [1.29, 1.82) is 0 Å². The Morgan fingerprint density at radius 2 is 1.63 bits per heavy atom. The van der Waals surface area contributed by atoms with Gasteiger partial charge in [-0.15, -0.1) is 0 Å². The van der Waals surface area contributed by atoms with Gasteiger partial charge in [-0.1, -0.05) is 12.1 Å². The van der Waals surface area contributed by atoms with E-state index in [1.807, 2.05) is 22.6 Å². The third-order valence-corrected chi connectivity index (χ3v) is 1.62. The molecular formula is C8H7BILi3O6. The fraction of sp³-hybridized carbons (Fsp3) is 0.125. The van der Waals surface area contributed by atoms with E-state index in [4.69, 9.17) is 19.8 Å². The Balaban J connectivity index is -0.000000144. The summed E-state index contributed by atoms with van der Waals surface area (Å²) in [6, 6.07) is 6.29. The van der Waals surface area contributed by atoms with Gasteiger partial charge in [-0.05, 0) is 34.7 Å². The number of phenols is 1. The molecule has 19 heavy (non-hydrogen) atoms. The SMILES string of the molecule is O=C(OCI)c1ccccc1O.[Li+].[Li+].[Li+].[O-]B([O-])[O-]. The first-order valence-corrected chi connectivity index (χ1v) is 5.50. The van der Waals surface area contributed by atoms with Gasteiger partial charge in [0.1, 0.15) is 15.9 Å². The Morgan fingerprint density at radius 1 is 1.21 bits per heavy atom. The summed E-state index contributed by atoms with van der Waals surface area (Å²) >= 11 is 1.92. The molecule has 0 aliphatic carbocycles.